The van der Waals surface area contributed by atoms with Gasteiger partial charge in [-0.2, -0.15) is 0 Å². The van der Waals surface area contributed by atoms with Crippen LogP contribution in [-0.4, -0.2) is 26.1 Å². The Morgan fingerprint density at radius 2 is 1.91 bits per heavy atom. The fraction of sp³-hybridized carbons (Fsp3) is 0.562. The van der Waals surface area contributed by atoms with Gasteiger partial charge in [-0.3, -0.25) is 4.79 Å². The molecule has 4 nitrogen and oxygen atoms in total. The van der Waals surface area contributed by atoms with Crippen LogP contribution >= 0.6 is 23.2 Å². The first-order valence-corrected chi connectivity index (χ1v) is 10.3. The molecule has 2 rings (SSSR count). The zero-order valence-corrected chi connectivity index (χ0v) is 15.3. The van der Waals surface area contributed by atoms with E-state index in [0.717, 1.165) is 19.3 Å². The topological polar surface area (TPSA) is 63.2 Å². The highest BCUT2D eigenvalue weighted by molar-refractivity contribution is 7.91. The Bertz CT molecular complexity index is 676. The minimum absolute atomic E-state index is 0.0800. The lowest BCUT2D eigenvalue weighted by atomic mass is 9.86. The van der Waals surface area contributed by atoms with Gasteiger partial charge in [-0.25, -0.2) is 8.42 Å². The zero-order chi connectivity index (χ0) is 17.0. The van der Waals surface area contributed by atoms with Crippen molar-refractivity contribution in [3.63, 3.8) is 0 Å². The maximum absolute atomic E-state index is 12.2. The molecule has 0 aromatic heterocycles. The van der Waals surface area contributed by atoms with Crippen LogP contribution in [0.1, 0.15) is 38.2 Å². The van der Waals surface area contributed by atoms with E-state index in [0.29, 0.717) is 21.5 Å². The standard InChI is InChI=1S/C16H21Cl2NO3S/c1-11-4-2-3-5-15(11)19-16(20)10-23(21,22)9-12-6-7-13(17)14(18)8-12/h6-8,11,15H,2-5,9-10H2,1H3,(H,19,20). The normalized spacial score (nSPS) is 21.9. The van der Waals surface area contributed by atoms with Crippen LogP contribution < -0.4 is 5.32 Å². The Labute approximate surface area is 147 Å². The molecule has 0 radical (unpaired) electrons. The monoisotopic (exact) mass is 377 g/mol. The quantitative estimate of drug-likeness (QED) is 0.852. The van der Waals surface area contributed by atoms with Crippen LogP contribution in [0, 0.1) is 5.92 Å². The summed E-state index contributed by atoms with van der Waals surface area (Å²) in [5, 5.41) is 3.54. The third-order valence-corrected chi connectivity index (χ3v) is 6.39. The van der Waals surface area contributed by atoms with Crippen LogP contribution in [-0.2, 0) is 20.4 Å². The van der Waals surface area contributed by atoms with Gasteiger partial charge in [0.2, 0.25) is 5.91 Å². The molecule has 1 aliphatic carbocycles. The number of carbonyl (C=O) groups is 1. The van der Waals surface area contributed by atoms with Gasteiger partial charge in [0.1, 0.15) is 5.75 Å². The Balaban J connectivity index is 1.94. The summed E-state index contributed by atoms with van der Waals surface area (Å²) in [6, 6.07) is 4.75. The second-order valence-corrected chi connectivity index (χ2v) is 9.10. The molecule has 0 bridgehead atoms. The lowest BCUT2D eigenvalue weighted by Gasteiger charge is -2.29. The number of hydrogen-bond donors (Lipinski definition) is 1. The van der Waals surface area contributed by atoms with E-state index in [1.54, 1.807) is 12.1 Å². The molecular formula is C16H21Cl2NO3S. The predicted octanol–water partition coefficient (Wildman–Crippen LogP) is 3.60. The van der Waals surface area contributed by atoms with Gasteiger partial charge in [-0.15, -0.1) is 0 Å². The van der Waals surface area contributed by atoms with Gasteiger partial charge in [0.05, 0.1) is 15.8 Å². The van der Waals surface area contributed by atoms with Gasteiger partial charge in [-0.1, -0.05) is 49.0 Å². The molecule has 7 heteroatoms. The highest BCUT2D eigenvalue weighted by Gasteiger charge is 2.25. The molecule has 1 amide bonds. The summed E-state index contributed by atoms with van der Waals surface area (Å²) in [4.78, 5) is 12.0. The molecule has 23 heavy (non-hydrogen) atoms. The van der Waals surface area contributed by atoms with E-state index < -0.39 is 21.5 Å². The summed E-state index contributed by atoms with van der Waals surface area (Å²) in [7, 11) is -3.55. The minimum Gasteiger partial charge on any atom is -0.352 e. The van der Waals surface area contributed by atoms with Crippen molar-refractivity contribution in [3.05, 3.63) is 33.8 Å². The first kappa shape index (κ1) is 18.6. The van der Waals surface area contributed by atoms with Crippen LogP contribution in [0.25, 0.3) is 0 Å². The van der Waals surface area contributed by atoms with Crippen molar-refractivity contribution in [2.24, 2.45) is 5.92 Å². The number of benzene rings is 1. The molecule has 1 aromatic carbocycles. The molecule has 0 heterocycles. The highest BCUT2D eigenvalue weighted by atomic mass is 35.5. The first-order chi connectivity index (χ1) is 10.8. The second-order valence-electron chi connectivity index (χ2n) is 6.22. The summed E-state index contributed by atoms with van der Waals surface area (Å²) in [6.45, 7) is 2.09. The lowest BCUT2D eigenvalue weighted by Crippen LogP contribution is -2.43. The Kier molecular flexibility index (Phi) is 6.34. The molecule has 1 aromatic rings. The summed E-state index contributed by atoms with van der Waals surface area (Å²) in [5.74, 6) is -0.761. The largest absolute Gasteiger partial charge is 0.352 e. The van der Waals surface area contributed by atoms with Crippen LogP contribution in [0.15, 0.2) is 18.2 Å². The molecule has 2 atom stereocenters. The Morgan fingerprint density at radius 1 is 1.22 bits per heavy atom. The molecule has 0 spiro atoms. The average Bonchev–Trinajstić information content (AvgIpc) is 2.44. The fourth-order valence-corrected chi connectivity index (χ4v) is 4.51. The maximum Gasteiger partial charge on any atom is 0.235 e. The van der Waals surface area contributed by atoms with E-state index in [1.807, 2.05) is 0 Å². The van der Waals surface area contributed by atoms with Gasteiger partial charge in [-0.05, 0) is 36.5 Å². The number of nitrogens with one attached hydrogen (secondary N) is 1. The molecule has 0 saturated heterocycles. The number of hydrogen-bond acceptors (Lipinski definition) is 3. The van der Waals surface area contributed by atoms with E-state index in [4.69, 9.17) is 23.2 Å². The molecule has 2 unspecified atom stereocenters. The Hall–Kier alpha value is -0.780. The summed E-state index contributed by atoms with van der Waals surface area (Å²) >= 11 is 11.7. The predicted molar refractivity (Wildman–Crippen MR) is 93.5 cm³/mol. The third-order valence-electron chi connectivity index (χ3n) is 4.18. The molecule has 1 saturated carbocycles. The highest BCUT2D eigenvalue weighted by Crippen LogP contribution is 2.25. The van der Waals surface area contributed by atoms with E-state index in [9.17, 15) is 13.2 Å². The molecule has 1 aliphatic rings. The van der Waals surface area contributed by atoms with Crippen molar-refractivity contribution in [2.45, 2.75) is 44.4 Å². The van der Waals surface area contributed by atoms with Crippen molar-refractivity contribution >= 4 is 38.9 Å². The zero-order valence-electron chi connectivity index (χ0n) is 13.0. The SMILES string of the molecule is CC1CCCCC1NC(=O)CS(=O)(=O)Cc1ccc(Cl)c(Cl)c1. The molecule has 1 fully saturated rings. The van der Waals surface area contributed by atoms with E-state index >= 15 is 0 Å². The number of sulfone groups is 1. The van der Waals surface area contributed by atoms with E-state index in [1.165, 1.54) is 12.5 Å². The van der Waals surface area contributed by atoms with E-state index in [2.05, 4.69) is 12.2 Å². The van der Waals surface area contributed by atoms with Crippen LogP contribution in [0.2, 0.25) is 10.0 Å². The minimum atomic E-state index is -3.55. The lowest BCUT2D eigenvalue weighted by molar-refractivity contribution is -0.119. The number of rotatable bonds is 5. The maximum atomic E-state index is 12.2. The van der Waals surface area contributed by atoms with Gasteiger partial charge in [0, 0.05) is 6.04 Å². The van der Waals surface area contributed by atoms with Crippen LogP contribution in [0.3, 0.4) is 0 Å². The second kappa shape index (κ2) is 7.86. The van der Waals surface area contributed by atoms with Gasteiger partial charge in [0.15, 0.2) is 9.84 Å². The molecule has 0 aliphatic heterocycles. The van der Waals surface area contributed by atoms with Crippen LogP contribution in [0.5, 0.6) is 0 Å². The fourth-order valence-electron chi connectivity index (χ4n) is 2.91. The van der Waals surface area contributed by atoms with Crippen LogP contribution in [0.4, 0.5) is 0 Å². The molecule has 128 valence electrons. The third kappa shape index (κ3) is 5.66. The summed E-state index contributed by atoms with van der Waals surface area (Å²) in [6.07, 6.45) is 4.23. The molecule has 1 N–H and O–H groups in total. The molecular weight excluding hydrogens is 357 g/mol. The van der Waals surface area contributed by atoms with Crippen molar-refractivity contribution in [1.82, 2.24) is 5.32 Å². The van der Waals surface area contributed by atoms with E-state index in [-0.39, 0.29) is 11.8 Å². The smallest absolute Gasteiger partial charge is 0.235 e. The summed E-state index contributed by atoms with van der Waals surface area (Å²) < 4.78 is 24.4. The average molecular weight is 378 g/mol. The van der Waals surface area contributed by atoms with Crippen molar-refractivity contribution < 1.29 is 13.2 Å². The summed E-state index contributed by atoms with van der Waals surface area (Å²) in [5.41, 5.74) is 0.526. The van der Waals surface area contributed by atoms with Crippen molar-refractivity contribution in [2.75, 3.05) is 5.75 Å². The Morgan fingerprint density at radius 3 is 2.57 bits per heavy atom. The number of amides is 1. The van der Waals surface area contributed by atoms with Gasteiger partial charge >= 0.3 is 0 Å². The van der Waals surface area contributed by atoms with Crippen molar-refractivity contribution in [3.8, 4) is 0 Å². The number of carbonyl (C=O) groups excluding carboxylic acids is 1. The van der Waals surface area contributed by atoms with Gasteiger partial charge in [0.25, 0.3) is 0 Å². The number of halogens is 2. The van der Waals surface area contributed by atoms with Gasteiger partial charge < -0.3 is 5.32 Å². The van der Waals surface area contributed by atoms with Crippen molar-refractivity contribution in [1.29, 1.82) is 0 Å². The first-order valence-electron chi connectivity index (χ1n) is 7.70.